The van der Waals surface area contributed by atoms with Gasteiger partial charge in [-0.1, -0.05) is 44.0 Å². The van der Waals surface area contributed by atoms with Crippen LogP contribution < -0.4 is 25.3 Å². The number of aryl methyl sites for hydroxylation is 2. The number of rotatable bonds is 6. The summed E-state index contributed by atoms with van der Waals surface area (Å²) in [5.74, 6) is 2.60. The van der Waals surface area contributed by atoms with Gasteiger partial charge in [0.05, 0.1) is 21.3 Å². The topological polar surface area (TPSA) is 97.3 Å². The summed E-state index contributed by atoms with van der Waals surface area (Å²) in [4.78, 5) is 7.09. The Morgan fingerprint density at radius 2 is 1.12 bits per heavy atom. The Balaban J connectivity index is 0.000000142. The third kappa shape index (κ3) is 8.35. The van der Waals surface area contributed by atoms with Gasteiger partial charge in [0.25, 0.3) is 0 Å². The zero-order chi connectivity index (χ0) is 34.3. The molecule has 0 bridgehead atoms. The van der Waals surface area contributed by atoms with Gasteiger partial charge in [-0.3, -0.25) is 0 Å². The minimum absolute atomic E-state index is 0.194. The summed E-state index contributed by atoms with van der Waals surface area (Å²) in [5, 5.41) is 6.41. The van der Waals surface area contributed by atoms with E-state index in [1.807, 2.05) is 36.4 Å². The molecular formula is C40H44Br2N4O3. The van der Waals surface area contributed by atoms with Gasteiger partial charge in [-0.05, 0) is 128 Å². The number of nitrogens with two attached hydrogens (primary N) is 1. The molecular weight excluding hydrogens is 744 g/mol. The first-order valence-electron chi connectivity index (χ1n) is 16.8. The van der Waals surface area contributed by atoms with Crippen molar-refractivity contribution in [2.75, 3.05) is 21.3 Å². The number of nitrogens with one attached hydrogen (secondary N) is 3. The number of aromatic amines is 2. The molecule has 2 heterocycles. The predicted molar refractivity (Wildman–Crippen MR) is 207 cm³/mol. The van der Waals surface area contributed by atoms with Crippen molar-refractivity contribution in [3.63, 3.8) is 0 Å². The first-order valence-corrected chi connectivity index (χ1v) is 18.3. The van der Waals surface area contributed by atoms with Crippen LogP contribution in [-0.4, -0.2) is 31.3 Å². The van der Waals surface area contributed by atoms with Crippen LogP contribution in [0, 0.1) is 0 Å². The van der Waals surface area contributed by atoms with Gasteiger partial charge in [0.15, 0.2) is 0 Å². The van der Waals surface area contributed by atoms with E-state index in [4.69, 9.17) is 19.9 Å². The van der Waals surface area contributed by atoms with Gasteiger partial charge in [-0.2, -0.15) is 0 Å². The quantitative estimate of drug-likeness (QED) is 0.135. The van der Waals surface area contributed by atoms with E-state index >= 15 is 0 Å². The highest BCUT2D eigenvalue weighted by atomic mass is 79.9. The van der Waals surface area contributed by atoms with Gasteiger partial charge in [-0.25, -0.2) is 0 Å². The molecule has 0 aliphatic heterocycles. The van der Waals surface area contributed by atoms with Gasteiger partial charge in [0.2, 0.25) is 0 Å². The summed E-state index contributed by atoms with van der Waals surface area (Å²) < 4.78 is 17.4. The van der Waals surface area contributed by atoms with E-state index in [1.54, 1.807) is 21.3 Å². The van der Waals surface area contributed by atoms with Crippen LogP contribution in [0.25, 0.3) is 21.8 Å². The molecule has 8 rings (SSSR count). The molecule has 2 atom stereocenters. The second-order valence-corrected chi connectivity index (χ2v) is 14.3. The first-order chi connectivity index (χ1) is 23.9. The Kier molecular flexibility index (Phi) is 11.7. The van der Waals surface area contributed by atoms with Crippen LogP contribution in [0.15, 0.2) is 93.9 Å². The number of ether oxygens (including phenoxy) is 3. The zero-order valence-electron chi connectivity index (χ0n) is 28.2. The van der Waals surface area contributed by atoms with E-state index < -0.39 is 0 Å². The SMILES string of the molecule is COc1ccc(CN[C@@H]2CCCc3c2[nH]c2ccc(Br)cc32)cc1.COc1ccc(OC)cc1.N[C@@H]1CCCc2c1[nH]c1ccc(Br)cc21. The number of hydrogen-bond donors (Lipinski definition) is 4. The molecule has 0 unspecified atom stereocenters. The van der Waals surface area contributed by atoms with Crippen molar-refractivity contribution >= 4 is 53.7 Å². The molecule has 256 valence electrons. The lowest BCUT2D eigenvalue weighted by molar-refractivity contribution is 0.403. The van der Waals surface area contributed by atoms with Gasteiger partial charge in [-0.15, -0.1) is 0 Å². The van der Waals surface area contributed by atoms with Gasteiger partial charge < -0.3 is 35.2 Å². The van der Waals surface area contributed by atoms with Crippen LogP contribution in [0.5, 0.6) is 17.2 Å². The molecule has 6 aromatic rings. The summed E-state index contributed by atoms with van der Waals surface area (Å²) in [6, 6.07) is 29.2. The average molecular weight is 789 g/mol. The van der Waals surface area contributed by atoms with Crippen LogP contribution in [0.2, 0.25) is 0 Å². The van der Waals surface area contributed by atoms with E-state index in [9.17, 15) is 0 Å². The summed E-state index contributed by atoms with van der Waals surface area (Å²) in [6.45, 7) is 0.868. The smallest absolute Gasteiger partial charge is 0.119 e. The molecule has 2 aliphatic rings. The lowest BCUT2D eigenvalue weighted by atomic mass is 9.91. The maximum atomic E-state index is 6.11. The maximum Gasteiger partial charge on any atom is 0.119 e. The molecule has 49 heavy (non-hydrogen) atoms. The van der Waals surface area contributed by atoms with Crippen LogP contribution in [0.3, 0.4) is 0 Å². The van der Waals surface area contributed by atoms with E-state index in [0.717, 1.165) is 52.0 Å². The number of fused-ring (bicyclic) bond motifs is 6. The summed E-state index contributed by atoms with van der Waals surface area (Å²) in [6.07, 6.45) is 7.02. The fraction of sp³-hybridized carbons (Fsp3) is 0.300. The minimum atomic E-state index is 0.194. The molecule has 2 aliphatic carbocycles. The number of halogens is 2. The number of aromatic nitrogens is 2. The van der Waals surface area contributed by atoms with Crippen molar-refractivity contribution in [3.8, 4) is 17.2 Å². The number of benzene rings is 4. The predicted octanol–water partition coefficient (Wildman–Crippen LogP) is 10.1. The van der Waals surface area contributed by atoms with E-state index in [1.165, 1.54) is 69.1 Å². The average Bonchev–Trinajstić information content (AvgIpc) is 3.70. The maximum absolute atomic E-state index is 6.11. The van der Waals surface area contributed by atoms with Crippen LogP contribution in [0.4, 0.5) is 0 Å². The van der Waals surface area contributed by atoms with Crippen molar-refractivity contribution in [1.29, 1.82) is 0 Å². The summed E-state index contributed by atoms with van der Waals surface area (Å²) in [5.41, 5.74) is 15.3. The van der Waals surface area contributed by atoms with Crippen molar-refractivity contribution in [2.45, 2.75) is 57.2 Å². The Hall–Kier alpha value is -3.76. The third-order valence-electron chi connectivity index (χ3n) is 9.39. The molecule has 2 aromatic heterocycles. The van der Waals surface area contributed by atoms with Crippen LogP contribution in [0.1, 0.15) is 65.8 Å². The molecule has 0 radical (unpaired) electrons. The summed E-state index contributed by atoms with van der Waals surface area (Å²) >= 11 is 7.11. The van der Waals surface area contributed by atoms with E-state index in [-0.39, 0.29) is 6.04 Å². The third-order valence-corrected chi connectivity index (χ3v) is 10.4. The number of methoxy groups -OCH3 is 3. The molecule has 0 saturated heterocycles. The zero-order valence-corrected chi connectivity index (χ0v) is 31.4. The Morgan fingerprint density at radius 3 is 1.65 bits per heavy atom. The van der Waals surface area contributed by atoms with E-state index in [0.29, 0.717) is 6.04 Å². The highest BCUT2D eigenvalue weighted by Crippen LogP contribution is 2.36. The van der Waals surface area contributed by atoms with Gasteiger partial charge in [0, 0.05) is 60.8 Å². The van der Waals surface area contributed by atoms with Crippen molar-refractivity contribution in [2.24, 2.45) is 5.73 Å². The van der Waals surface area contributed by atoms with Gasteiger partial charge in [0.1, 0.15) is 17.2 Å². The molecule has 9 heteroatoms. The summed E-state index contributed by atoms with van der Waals surface area (Å²) in [7, 11) is 4.98. The largest absolute Gasteiger partial charge is 0.497 e. The minimum Gasteiger partial charge on any atom is -0.497 e. The van der Waals surface area contributed by atoms with Crippen molar-refractivity contribution < 1.29 is 14.2 Å². The molecule has 0 spiro atoms. The molecule has 7 nitrogen and oxygen atoms in total. The molecule has 4 aromatic carbocycles. The van der Waals surface area contributed by atoms with Gasteiger partial charge >= 0.3 is 0 Å². The Morgan fingerprint density at radius 1 is 0.653 bits per heavy atom. The normalized spacial score (nSPS) is 16.4. The number of H-pyrrole nitrogens is 2. The monoisotopic (exact) mass is 786 g/mol. The standard InChI is InChI=1S/C20H21BrN2O.C12H13BrN2.C8H10O2/c1-24-15-8-5-13(6-9-15)12-22-19-4-2-3-16-17-11-14(21)7-10-18(17)23-20(16)19;13-7-4-5-11-9(6-7)8-2-1-3-10(14)12(8)15-11;1-9-7-3-5-8(10-2)6-4-7/h5-11,19,22-23H,2-4,12H2,1H3;4-6,10,15H,1-3,14H2;3-6H,1-2H3/t19-;10-;/m11./s1. The molecule has 0 amide bonds. The lowest BCUT2D eigenvalue weighted by Gasteiger charge is -2.24. The van der Waals surface area contributed by atoms with Crippen molar-refractivity contribution in [1.82, 2.24) is 15.3 Å². The number of hydrogen-bond acceptors (Lipinski definition) is 5. The second-order valence-electron chi connectivity index (χ2n) is 12.5. The molecule has 0 saturated carbocycles. The Bertz CT molecular complexity index is 1960. The lowest BCUT2D eigenvalue weighted by Crippen LogP contribution is -2.24. The first kappa shape index (κ1) is 35.1. The van der Waals surface area contributed by atoms with Crippen molar-refractivity contribution in [3.05, 3.63) is 122 Å². The molecule has 5 N–H and O–H groups in total. The highest BCUT2D eigenvalue weighted by Gasteiger charge is 2.24. The molecule has 0 fully saturated rings. The Labute approximate surface area is 305 Å². The second kappa shape index (κ2) is 16.3. The fourth-order valence-electron chi connectivity index (χ4n) is 6.80. The highest BCUT2D eigenvalue weighted by molar-refractivity contribution is 9.10. The van der Waals surface area contributed by atoms with Crippen LogP contribution in [-0.2, 0) is 19.4 Å². The fourth-order valence-corrected chi connectivity index (χ4v) is 7.53. The van der Waals surface area contributed by atoms with Crippen LogP contribution >= 0.6 is 31.9 Å². The van der Waals surface area contributed by atoms with E-state index in [2.05, 4.69) is 95.7 Å².